The molecule has 4 nitrogen and oxygen atoms in total. The average Bonchev–Trinajstić information content (AvgIpc) is 2.78. The van der Waals surface area contributed by atoms with Crippen molar-refractivity contribution in [1.82, 2.24) is 0 Å². The van der Waals surface area contributed by atoms with Crippen LogP contribution in [0, 0.1) is 12.8 Å². The van der Waals surface area contributed by atoms with Gasteiger partial charge in [0.1, 0.15) is 5.75 Å². The highest BCUT2D eigenvalue weighted by molar-refractivity contribution is 6.62. The van der Waals surface area contributed by atoms with Crippen LogP contribution in [0.5, 0.6) is 5.75 Å². The van der Waals surface area contributed by atoms with Crippen molar-refractivity contribution in [2.45, 2.75) is 65.1 Å². The summed E-state index contributed by atoms with van der Waals surface area (Å²) in [6.07, 6.45) is 3.38. The predicted octanol–water partition coefficient (Wildman–Crippen LogP) is 3.49. The number of rotatable bonds is 5. The molecule has 2 heterocycles. The zero-order valence-corrected chi connectivity index (χ0v) is 16.3. The van der Waals surface area contributed by atoms with Gasteiger partial charge in [-0.15, -0.1) is 0 Å². The molecule has 0 spiro atoms. The van der Waals surface area contributed by atoms with Gasteiger partial charge in [-0.25, -0.2) is 0 Å². The highest BCUT2D eigenvalue weighted by Gasteiger charge is 2.52. The normalized spacial score (nSPS) is 23.0. The first-order valence-electron chi connectivity index (χ1n) is 9.45. The standard InChI is InChI=1S/C20H31BO4/c1-15-6-7-17(23-13-10-16-8-11-22-12-9-16)14-18(15)21-24-19(2,3)20(4,5)25-21/h6-7,14,16H,8-13H2,1-5H3. The van der Waals surface area contributed by atoms with Crippen LogP contribution >= 0.6 is 0 Å². The van der Waals surface area contributed by atoms with Crippen LogP contribution in [-0.2, 0) is 14.0 Å². The smallest absolute Gasteiger partial charge is 0.494 e. The van der Waals surface area contributed by atoms with E-state index in [1.54, 1.807) is 0 Å². The highest BCUT2D eigenvalue weighted by atomic mass is 16.7. The predicted molar refractivity (Wildman–Crippen MR) is 101 cm³/mol. The molecule has 0 radical (unpaired) electrons. The van der Waals surface area contributed by atoms with Crippen molar-refractivity contribution in [2.24, 2.45) is 5.92 Å². The molecule has 138 valence electrons. The molecule has 2 aliphatic rings. The number of hydrogen-bond donors (Lipinski definition) is 0. The van der Waals surface area contributed by atoms with Crippen LogP contribution in [0.2, 0.25) is 0 Å². The van der Waals surface area contributed by atoms with Gasteiger partial charge in [-0.05, 0) is 77.4 Å². The largest absolute Gasteiger partial charge is 0.495 e. The SMILES string of the molecule is Cc1ccc(OCCC2CCOCC2)cc1B1OC(C)(C)C(C)(C)O1. The maximum absolute atomic E-state index is 6.19. The molecule has 0 atom stereocenters. The Labute approximate surface area is 152 Å². The molecule has 1 aromatic carbocycles. The molecule has 0 saturated carbocycles. The molecule has 2 aliphatic heterocycles. The Bertz CT molecular complexity index is 577. The van der Waals surface area contributed by atoms with Crippen molar-refractivity contribution in [3.8, 4) is 5.75 Å². The topological polar surface area (TPSA) is 36.9 Å². The molecule has 0 aromatic heterocycles. The summed E-state index contributed by atoms with van der Waals surface area (Å²) in [5.74, 6) is 1.61. The quantitative estimate of drug-likeness (QED) is 0.765. The number of aryl methyl sites for hydroxylation is 1. The third-order valence-corrected chi connectivity index (χ3v) is 5.89. The van der Waals surface area contributed by atoms with E-state index in [2.05, 4.69) is 46.8 Å². The Balaban J connectivity index is 1.63. The van der Waals surface area contributed by atoms with Crippen molar-refractivity contribution < 1.29 is 18.8 Å². The lowest BCUT2D eigenvalue weighted by Gasteiger charge is -2.32. The fraction of sp³-hybridized carbons (Fsp3) is 0.700. The van der Waals surface area contributed by atoms with Crippen molar-refractivity contribution in [2.75, 3.05) is 19.8 Å². The molecule has 0 unspecified atom stereocenters. The summed E-state index contributed by atoms with van der Waals surface area (Å²) in [5.41, 5.74) is 1.56. The van der Waals surface area contributed by atoms with Crippen LogP contribution < -0.4 is 10.2 Å². The molecule has 1 aromatic rings. The Hall–Kier alpha value is -1.04. The molecule has 3 rings (SSSR count). The molecular weight excluding hydrogens is 315 g/mol. The van der Waals surface area contributed by atoms with Gasteiger partial charge in [-0.1, -0.05) is 11.6 Å². The van der Waals surface area contributed by atoms with E-state index >= 15 is 0 Å². The van der Waals surface area contributed by atoms with Crippen LogP contribution in [0.4, 0.5) is 0 Å². The summed E-state index contributed by atoms with van der Waals surface area (Å²) in [7, 11) is -0.343. The minimum atomic E-state index is -0.343. The first-order valence-corrected chi connectivity index (χ1v) is 9.45. The third-order valence-electron chi connectivity index (χ3n) is 5.89. The van der Waals surface area contributed by atoms with E-state index in [9.17, 15) is 0 Å². The van der Waals surface area contributed by atoms with E-state index in [0.717, 1.165) is 61.8 Å². The summed E-state index contributed by atoms with van der Waals surface area (Å²) >= 11 is 0. The second-order valence-electron chi connectivity index (χ2n) is 8.30. The van der Waals surface area contributed by atoms with Crippen molar-refractivity contribution in [3.05, 3.63) is 23.8 Å². The van der Waals surface area contributed by atoms with Crippen molar-refractivity contribution in [3.63, 3.8) is 0 Å². The second-order valence-corrected chi connectivity index (χ2v) is 8.30. The van der Waals surface area contributed by atoms with Crippen LogP contribution in [0.3, 0.4) is 0 Å². The molecule has 5 heteroatoms. The highest BCUT2D eigenvalue weighted by Crippen LogP contribution is 2.37. The van der Waals surface area contributed by atoms with Gasteiger partial charge in [-0.3, -0.25) is 0 Å². The van der Waals surface area contributed by atoms with E-state index in [4.69, 9.17) is 18.8 Å². The van der Waals surface area contributed by atoms with Gasteiger partial charge in [0.2, 0.25) is 0 Å². The monoisotopic (exact) mass is 346 g/mol. The molecule has 2 saturated heterocycles. The summed E-state index contributed by atoms with van der Waals surface area (Å²) in [6, 6.07) is 6.19. The number of benzene rings is 1. The van der Waals surface area contributed by atoms with Gasteiger partial charge in [0.05, 0.1) is 17.8 Å². The number of hydrogen-bond acceptors (Lipinski definition) is 4. The van der Waals surface area contributed by atoms with Gasteiger partial charge in [0, 0.05) is 13.2 Å². The van der Waals surface area contributed by atoms with Gasteiger partial charge in [0.25, 0.3) is 0 Å². The molecule has 25 heavy (non-hydrogen) atoms. The lowest BCUT2D eigenvalue weighted by molar-refractivity contribution is 0.00578. The maximum Gasteiger partial charge on any atom is 0.495 e. The minimum absolute atomic E-state index is 0.329. The van der Waals surface area contributed by atoms with E-state index in [1.165, 1.54) is 0 Å². The minimum Gasteiger partial charge on any atom is -0.494 e. The fourth-order valence-corrected chi connectivity index (χ4v) is 3.31. The van der Waals surface area contributed by atoms with E-state index in [-0.39, 0.29) is 18.3 Å². The maximum atomic E-state index is 6.19. The Morgan fingerprint density at radius 1 is 1.08 bits per heavy atom. The molecule has 2 fully saturated rings. The third kappa shape index (κ3) is 4.21. The first-order chi connectivity index (χ1) is 11.8. The van der Waals surface area contributed by atoms with Gasteiger partial charge in [0.15, 0.2) is 0 Å². The lowest BCUT2D eigenvalue weighted by atomic mass is 9.76. The second kappa shape index (κ2) is 7.30. The average molecular weight is 346 g/mol. The van der Waals surface area contributed by atoms with Crippen molar-refractivity contribution >= 4 is 12.6 Å². The van der Waals surface area contributed by atoms with E-state index < -0.39 is 0 Å². The van der Waals surface area contributed by atoms with Crippen molar-refractivity contribution in [1.29, 1.82) is 0 Å². The van der Waals surface area contributed by atoms with Crippen LogP contribution in [0.15, 0.2) is 18.2 Å². The van der Waals surface area contributed by atoms with E-state index in [0.29, 0.717) is 0 Å². The molecule has 0 bridgehead atoms. The fourth-order valence-electron chi connectivity index (χ4n) is 3.31. The molecule has 0 amide bonds. The number of ether oxygens (including phenoxy) is 2. The Morgan fingerprint density at radius 3 is 2.36 bits per heavy atom. The van der Waals surface area contributed by atoms with Gasteiger partial charge >= 0.3 is 7.12 Å². The Kier molecular flexibility index (Phi) is 5.47. The lowest BCUT2D eigenvalue weighted by Crippen LogP contribution is -2.41. The molecule has 0 aliphatic carbocycles. The zero-order chi connectivity index (χ0) is 18.1. The van der Waals surface area contributed by atoms with Crippen LogP contribution in [0.1, 0.15) is 52.5 Å². The summed E-state index contributed by atoms with van der Waals surface area (Å²) in [6.45, 7) is 12.9. The summed E-state index contributed by atoms with van der Waals surface area (Å²) in [5, 5.41) is 0. The molecule has 0 N–H and O–H groups in total. The Morgan fingerprint density at radius 2 is 1.72 bits per heavy atom. The molecular formula is C20H31BO4. The van der Waals surface area contributed by atoms with Crippen LogP contribution in [0.25, 0.3) is 0 Å². The van der Waals surface area contributed by atoms with Crippen LogP contribution in [-0.4, -0.2) is 38.1 Å². The van der Waals surface area contributed by atoms with Gasteiger partial charge < -0.3 is 18.8 Å². The zero-order valence-electron chi connectivity index (χ0n) is 16.3. The van der Waals surface area contributed by atoms with E-state index in [1.807, 2.05) is 6.07 Å². The first kappa shape index (κ1) is 18.7. The summed E-state index contributed by atoms with van der Waals surface area (Å²) < 4.78 is 23.8. The summed E-state index contributed by atoms with van der Waals surface area (Å²) in [4.78, 5) is 0. The van der Waals surface area contributed by atoms with Gasteiger partial charge in [-0.2, -0.15) is 0 Å².